The van der Waals surface area contributed by atoms with Gasteiger partial charge < -0.3 is 26.6 Å². The Bertz CT molecular complexity index is 344. The monoisotopic (exact) mass is 226 g/mol. The van der Waals surface area contributed by atoms with E-state index >= 15 is 0 Å². The number of nitrogen functional groups attached to an aromatic ring is 1. The second kappa shape index (κ2) is 5.66. The molecule has 0 aliphatic heterocycles. The zero-order chi connectivity index (χ0) is 12.1. The Labute approximate surface area is 93.8 Å². The Morgan fingerprint density at radius 3 is 2.81 bits per heavy atom. The van der Waals surface area contributed by atoms with Crippen LogP contribution in [0.1, 0.15) is 18.6 Å². The van der Waals surface area contributed by atoms with E-state index in [1.165, 1.54) is 12.1 Å². The van der Waals surface area contributed by atoms with E-state index in [4.69, 9.17) is 10.9 Å². The second-order valence-corrected chi connectivity index (χ2v) is 3.41. The molecule has 90 valence electrons. The molecule has 1 aromatic carbocycles. The lowest BCUT2D eigenvalue weighted by atomic mass is 10.1. The first-order valence-electron chi connectivity index (χ1n) is 5.00. The third-order valence-corrected chi connectivity index (χ3v) is 2.23. The van der Waals surface area contributed by atoms with Gasteiger partial charge in [0, 0.05) is 6.54 Å². The summed E-state index contributed by atoms with van der Waals surface area (Å²) in [4.78, 5) is 0. The molecule has 0 spiro atoms. The largest absolute Gasteiger partial charge is 0.733 e. The van der Waals surface area contributed by atoms with Crippen molar-refractivity contribution in [2.75, 3.05) is 24.0 Å². The summed E-state index contributed by atoms with van der Waals surface area (Å²) in [7, 11) is 0. The van der Waals surface area contributed by atoms with Crippen LogP contribution in [0.25, 0.3) is 0 Å². The van der Waals surface area contributed by atoms with Gasteiger partial charge in [-0.05, 0) is 24.2 Å². The van der Waals surface area contributed by atoms with Gasteiger partial charge in [-0.3, -0.25) is 5.21 Å². The predicted octanol–water partition coefficient (Wildman–Crippen LogP) is 0.605. The molecule has 6 nitrogen and oxygen atoms in total. The highest BCUT2D eigenvalue weighted by Crippen LogP contribution is 2.25. The molecule has 0 heterocycles. The van der Waals surface area contributed by atoms with Crippen molar-refractivity contribution in [2.45, 2.75) is 13.0 Å². The van der Waals surface area contributed by atoms with E-state index < -0.39 is 6.10 Å². The maximum absolute atomic E-state index is 10.8. The number of hydrogen-bond acceptors (Lipinski definition) is 6. The van der Waals surface area contributed by atoms with E-state index in [2.05, 4.69) is 5.32 Å². The van der Waals surface area contributed by atoms with Gasteiger partial charge in [0.15, 0.2) is 0 Å². The number of nitrogens with two attached hydrogens (primary N) is 1. The maximum atomic E-state index is 10.8. The lowest BCUT2D eigenvalue weighted by molar-refractivity contribution is 0.175. The number of rotatable bonds is 5. The summed E-state index contributed by atoms with van der Waals surface area (Å²) < 4.78 is 0. The van der Waals surface area contributed by atoms with Crippen molar-refractivity contribution in [3.8, 4) is 0 Å². The Hall–Kier alpha value is -1.34. The fraction of sp³-hybridized carbons (Fsp3) is 0.400. The molecule has 0 aromatic heterocycles. The minimum Gasteiger partial charge on any atom is -0.733 e. The molecule has 0 radical (unpaired) electrons. The van der Waals surface area contributed by atoms with Gasteiger partial charge in [-0.15, -0.1) is 0 Å². The highest BCUT2D eigenvalue weighted by Gasteiger charge is 2.09. The van der Waals surface area contributed by atoms with Crippen LogP contribution in [0.3, 0.4) is 0 Å². The molecule has 0 aliphatic rings. The molecule has 6 heteroatoms. The zero-order valence-electron chi connectivity index (χ0n) is 9.05. The van der Waals surface area contributed by atoms with Gasteiger partial charge in [0.05, 0.1) is 17.5 Å². The first-order chi connectivity index (χ1) is 7.56. The molecule has 5 N–H and O–H groups in total. The number of nitrogens with zero attached hydrogens (tertiary/aromatic N) is 1. The zero-order valence-corrected chi connectivity index (χ0v) is 9.05. The number of hydrogen-bond donors (Lipinski definition) is 4. The summed E-state index contributed by atoms with van der Waals surface area (Å²) in [6.45, 7) is 3.05. The Balaban J connectivity index is 2.85. The second-order valence-electron chi connectivity index (χ2n) is 3.41. The standard InChI is InChI=1S/C10H16N3O3/c1-2-12-6-10(14)7-3-4-8(11)9(5-7)13(15)16/h3-5,10,12,14-15H,2,6,11H2,1H3/q-1. The lowest BCUT2D eigenvalue weighted by Crippen LogP contribution is -2.21. The van der Waals surface area contributed by atoms with E-state index in [9.17, 15) is 10.3 Å². The summed E-state index contributed by atoms with van der Waals surface area (Å²) in [5.74, 6) is 0. The van der Waals surface area contributed by atoms with Crippen molar-refractivity contribution in [3.63, 3.8) is 0 Å². The van der Waals surface area contributed by atoms with Crippen molar-refractivity contribution >= 4 is 11.4 Å². The molecule has 1 atom stereocenters. The van der Waals surface area contributed by atoms with Crippen molar-refractivity contribution < 1.29 is 10.3 Å². The SMILES string of the molecule is CCNCC(O)c1ccc(N)c(N([O-])O)c1. The fourth-order valence-corrected chi connectivity index (χ4v) is 1.33. The van der Waals surface area contributed by atoms with Crippen LogP contribution in [-0.4, -0.2) is 23.4 Å². The first kappa shape index (κ1) is 12.7. The number of nitrogens with one attached hydrogen (secondary N) is 1. The van der Waals surface area contributed by atoms with E-state index in [-0.39, 0.29) is 16.6 Å². The van der Waals surface area contributed by atoms with Gasteiger partial charge in [-0.1, -0.05) is 13.0 Å². The van der Waals surface area contributed by atoms with Gasteiger partial charge in [-0.25, -0.2) is 0 Å². The highest BCUT2D eigenvalue weighted by molar-refractivity contribution is 5.67. The van der Waals surface area contributed by atoms with Crippen LogP contribution in [0, 0.1) is 5.21 Å². The Morgan fingerprint density at radius 2 is 2.25 bits per heavy atom. The molecule has 0 amide bonds. The third-order valence-electron chi connectivity index (χ3n) is 2.23. The molecule has 0 saturated heterocycles. The molecule has 0 saturated carbocycles. The lowest BCUT2D eigenvalue weighted by Gasteiger charge is -2.24. The molecule has 16 heavy (non-hydrogen) atoms. The smallest absolute Gasteiger partial charge is 0.0915 e. The molecular weight excluding hydrogens is 210 g/mol. The molecular formula is C10H16N3O3-. The number of aliphatic hydroxyl groups is 1. The molecule has 1 rings (SSSR count). The molecule has 1 aromatic rings. The molecule has 0 fully saturated rings. The summed E-state index contributed by atoms with van der Waals surface area (Å²) in [5, 5.41) is 31.9. The van der Waals surface area contributed by atoms with Crippen LogP contribution in [-0.2, 0) is 0 Å². The summed E-state index contributed by atoms with van der Waals surface area (Å²) >= 11 is 0. The van der Waals surface area contributed by atoms with Crippen LogP contribution in [0.5, 0.6) is 0 Å². The average molecular weight is 226 g/mol. The van der Waals surface area contributed by atoms with Crippen LogP contribution in [0.2, 0.25) is 0 Å². The third kappa shape index (κ3) is 3.07. The van der Waals surface area contributed by atoms with Crippen LogP contribution >= 0.6 is 0 Å². The normalized spacial score (nSPS) is 12.5. The van der Waals surface area contributed by atoms with Gasteiger partial charge in [0.25, 0.3) is 0 Å². The quantitative estimate of drug-likeness (QED) is 0.433. The average Bonchev–Trinajstić information content (AvgIpc) is 2.26. The van der Waals surface area contributed by atoms with Crippen molar-refractivity contribution in [1.82, 2.24) is 5.32 Å². The molecule has 0 aliphatic carbocycles. The minimum atomic E-state index is -0.737. The topological polar surface area (TPSA) is 105 Å². The number of aliphatic hydroxyl groups excluding tert-OH is 1. The molecule has 0 bridgehead atoms. The van der Waals surface area contributed by atoms with E-state index in [1.54, 1.807) is 6.07 Å². The maximum Gasteiger partial charge on any atom is 0.0915 e. The fourth-order valence-electron chi connectivity index (χ4n) is 1.33. The van der Waals surface area contributed by atoms with Gasteiger partial charge in [0.2, 0.25) is 0 Å². The minimum absolute atomic E-state index is 0.0620. The van der Waals surface area contributed by atoms with Gasteiger partial charge >= 0.3 is 0 Å². The highest BCUT2D eigenvalue weighted by atomic mass is 16.8. The summed E-state index contributed by atoms with van der Waals surface area (Å²) in [6.07, 6.45) is -0.737. The summed E-state index contributed by atoms with van der Waals surface area (Å²) in [5.41, 5.74) is 6.12. The van der Waals surface area contributed by atoms with E-state index in [0.29, 0.717) is 12.1 Å². The van der Waals surface area contributed by atoms with Crippen LogP contribution < -0.4 is 16.3 Å². The van der Waals surface area contributed by atoms with E-state index in [1.807, 2.05) is 6.92 Å². The van der Waals surface area contributed by atoms with Gasteiger partial charge in [0.1, 0.15) is 0 Å². The Morgan fingerprint density at radius 1 is 1.56 bits per heavy atom. The van der Waals surface area contributed by atoms with Crippen molar-refractivity contribution in [2.24, 2.45) is 0 Å². The van der Waals surface area contributed by atoms with Crippen LogP contribution in [0.4, 0.5) is 11.4 Å². The van der Waals surface area contributed by atoms with Crippen molar-refractivity contribution in [3.05, 3.63) is 29.0 Å². The van der Waals surface area contributed by atoms with Crippen LogP contribution in [0.15, 0.2) is 18.2 Å². The first-order valence-corrected chi connectivity index (χ1v) is 5.00. The Kier molecular flexibility index (Phi) is 4.51. The van der Waals surface area contributed by atoms with Crippen molar-refractivity contribution in [1.29, 1.82) is 0 Å². The number of benzene rings is 1. The number of likely N-dealkylation sites (N-methyl/N-ethyl adjacent to an activating group) is 1. The predicted molar refractivity (Wildman–Crippen MR) is 62.0 cm³/mol. The van der Waals surface area contributed by atoms with E-state index in [0.717, 1.165) is 6.54 Å². The molecule has 1 unspecified atom stereocenters. The number of anilines is 2. The van der Waals surface area contributed by atoms with Gasteiger partial charge in [-0.2, -0.15) is 0 Å². The summed E-state index contributed by atoms with van der Waals surface area (Å²) in [6, 6.07) is 4.45.